The van der Waals surface area contributed by atoms with Crippen LogP contribution in [0.15, 0.2) is 24.3 Å². The fourth-order valence-electron chi connectivity index (χ4n) is 1.11. The molecule has 12 heavy (non-hydrogen) atoms. The summed E-state index contributed by atoms with van der Waals surface area (Å²) in [6.07, 6.45) is 0. The highest BCUT2D eigenvalue weighted by Crippen LogP contribution is 1.95. The third-order valence-electron chi connectivity index (χ3n) is 1.78. The molecule has 0 saturated carbocycles. The molecule has 0 saturated heterocycles. The average molecular weight is 164 g/mol. The number of hydrogen-bond acceptors (Lipinski definition) is 2. The van der Waals surface area contributed by atoms with Gasteiger partial charge < -0.3 is 9.68 Å². The molecule has 1 aromatic rings. The van der Waals surface area contributed by atoms with Gasteiger partial charge in [0.05, 0.1) is 0 Å². The van der Waals surface area contributed by atoms with Crippen molar-refractivity contribution in [3.8, 4) is 0 Å². The maximum absolute atomic E-state index is 9.48. The van der Waals surface area contributed by atoms with Crippen LogP contribution >= 0.6 is 0 Å². The lowest BCUT2D eigenvalue weighted by atomic mass is 9.77. The SMILES string of the molecule is CCOB(O)c1ccccc1C. The molecule has 0 heterocycles. The molecule has 1 rings (SSSR count). The van der Waals surface area contributed by atoms with Crippen molar-refractivity contribution in [3.05, 3.63) is 29.8 Å². The molecule has 2 nitrogen and oxygen atoms in total. The molecule has 0 aromatic heterocycles. The van der Waals surface area contributed by atoms with Crippen LogP contribution in [0.25, 0.3) is 0 Å². The minimum absolute atomic E-state index is 0.523. The predicted octanol–water partition coefficient (Wildman–Crippen LogP) is 0.719. The van der Waals surface area contributed by atoms with Crippen LogP contribution in [0.5, 0.6) is 0 Å². The van der Waals surface area contributed by atoms with Crippen molar-refractivity contribution >= 4 is 12.6 Å². The van der Waals surface area contributed by atoms with Gasteiger partial charge in [-0.25, -0.2) is 0 Å². The van der Waals surface area contributed by atoms with E-state index in [2.05, 4.69) is 0 Å². The first-order chi connectivity index (χ1) is 5.75. The van der Waals surface area contributed by atoms with Crippen molar-refractivity contribution in [3.63, 3.8) is 0 Å². The van der Waals surface area contributed by atoms with E-state index >= 15 is 0 Å². The van der Waals surface area contributed by atoms with Crippen LogP contribution in [-0.2, 0) is 4.65 Å². The van der Waals surface area contributed by atoms with Crippen LogP contribution in [-0.4, -0.2) is 18.7 Å². The van der Waals surface area contributed by atoms with E-state index in [0.29, 0.717) is 6.61 Å². The van der Waals surface area contributed by atoms with E-state index in [1.165, 1.54) is 0 Å². The third-order valence-corrected chi connectivity index (χ3v) is 1.78. The molecular weight excluding hydrogens is 151 g/mol. The molecule has 3 heteroatoms. The number of aryl methyl sites for hydroxylation is 1. The fourth-order valence-corrected chi connectivity index (χ4v) is 1.11. The van der Waals surface area contributed by atoms with Gasteiger partial charge in [0.25, 0.3) is 0 Å². The first-order valence-electron chi connectivity index (χ1n) is 4.11. The van der Waals surface area contributed by atoms with E-state index in [9.17, 15) is 5.02 Å². The second-order valence-corrected chi connectivity index (χ2v) is 2.66. The van der Waals surface area contributed by atoms with Crippen LogP contribution in [0.1, 0.15) is 12.5 Å². The fraction of sp³-hybridized carbons (Fsp3) is 0.333. The monoisotopic (exact) mass is 164 g/mol. The first kappa shape index (κ1) is 9.29. The molecule has 64 valence electrons. The molecule has 0 unspecified atom stereocenters. The zero-order valence-electron chi connectivity index (χ0n) is 7.45. The van der Waals surface area contributed by atoms with Gasteiger partial charge >= 0.3 is 7.12 Å². The molecule has 0 aliphatic carbocycles. The summed E-state index contributed by atoms with van der Waals surface area (Å²) in [5.41, 5.74) is 1.90. The smallest absolute Gasteiger partial charge is 0.423 e. The maximum atomic E-state index is 9.48. The molecule has 0 aliphatic rings. The van der Waals surface area contributed by atoms with Crippen LogP contribution in [0.3, 0.4) is 0 Å². The van der Waals surface area contributed by atoms with Gasteiger partial charge in [0.2, 0.25) is 0 Å². The molecule has 0 atom stereocenters. The minimum atomic E-state index is -0.781. The molecular formula is C9H13BO2. The Morgan fingerprint density at radius 3 is 2.67 bits per heavy atom. The third kappa shape index (κ3) is 2.09. The summed E-state index contributed by atoms with van der Waals surface area (Å²) >= 11 is 0. The summed E-state index contributed by atoms with van der Waals surface area (Å²) in [4.78, 5) is 0. The van der Waals surface area contributed by atoms with Crippen molar-refractivity contribution in [1.82, 2.24) is 0 Å². The van der Waals surface area contributed by atoms with Crippen molar-refractivity contribution in [2.24, 2.45) is 0 Å². The summed E-state index contributed by atoms with van der Waals surface area (Å²) < 4.78 is 5.06. The lowest BCUT2D eigenvalue weighted by Crippen LogP contribution is -2.35. The van der Waals surface area contributed by atoms with Crippen LogP contribution in [0.2, 0.25) is 0 Å². The topological polar surface area (TPSA) is 29.5 Å². The summed E-state index contributed by atoms with van der Waals surface area (Å²) in [5, 5.41) is 9.48. The highest BCUT2D eigenvalue weighted by Gasteiger charge is 2.16. The number of rotatable bonds is 3. The van der Waals surface area contributed by atoms with Crippen LogP contribution in [0.4, 0.5) is 0 Å². The molecule has 0 radical (unpaired) electrons. The Bertz CT molecular complexity index is 250. The van der Waals surface area contributed by atoms with E-state index in [1.54, 1.807) is 0 Å². The highest BCUT2D eigenvalue weighted by atomic mass is 16.5. The lowest BCUT2D eigenvalue weighted by Gasteiger charge is -2.08. The normalized spacial score (nSPS) is 9.92. The molecule has 0 amide bonds. The molecule has 0 fully saturated rings. The molecule has 0 aliphatic heterocycles. The second kappa shape index (κ2) is 4.29. The van der Waals surface area contributed by atoms with Crippen molar-refractivity contribution < 1.29 is 9.68 Å². The Hall–Kier alpha value is -0.795. The molecule has 1 aromatic carbocycles. The summed E-state index contributed by atoms with van der Waals surface area (Å²) in [7, 11) is -0.781. The van der Waals surface area contributed by atoms with Crippen molar-refractivity contribution in [2.45, 2.75) is 13.8 Å². The maximum Gasteiger partial charge on any atom is 0.491 e. The molecule has 0 bridgehead atoms. The van der Waals surface area contributed by atoms with E-state index in [0.717, 1.165) is 11.0 Å². The minimum Gasteiger partial charge on any atom is -0.423 e. The van der Waals surface area contributed by atoms with Crippen LogP contribution < -0.4 is 5.46 Å². The summed E-state index contributed by atoms with van der Waals surface area (Å²) in [6.45, 7) is 4.34. The first-order valence-corrected chi connectivity index (χ1v) is 4.11. The van der Waals surface area contributed by atoms with E-state index in [4.69, 9.17) is 4.65 Å². The zero-order valence-corrected chi connectivity index (χ0v) is 7.45. The predicted molar refractivity (Wildman–Crippen MR) is 50.4 cm³/mol. The summed E-state index contributed by atoms with van der Waals surface area (Å²) in [6, 6.07) is 7.66. The highest BCUT2D eigenvalue weighted by molar-refractivity contribution is 6.60. The van der Waals surface area contributed by atoms with E-state index in [-0.39, 0.29) is 0 Å². The quantitative estimate of drug-likeness (QED) is 0.667. The van der Waals surface area contributed by atoms with Gasteiger partial charge in [0.15, 0.2) is 0 Å². The standard InChI is InChI=1S/C9H13BO2/c1-3-12-10(11)9-7-5-4-6-8(9)2/h4-7,11H,3H2,1-2H3. The Labute approximate surface area is 73.3 Å². The van der Waals surface area contributed by atoms with Gasteiger partial charge in [-0.05, 0) is 19.3 Å². The van der Waals surface area contributed by atoms with E-state index in [1.807, 2.05) is 38.1 Å². The second-order valence-electron chi connectivity index (χ2n) is 2.66. The Morgan fingerprint density at radius 1 is 1.42 bits per heavy atom. The Balaban J connectivity index is 2.79. The average Bonchev–Trinajstić information content (AvgIpc) is 2.05. The largest absolute Gasteiger partial charge is 0.491 e. The molecule has 1 N–H and O–H groups in total. The van der Waals surface area contributed by atoms with Gasteiger partial charge in [-0.3, -0.25) is 0 Å². The van der Waals surface area contributed by atoms with Gasteiger partial charge in [-0.15, -0.1) is 0 Å². The molecule has 0 spiro atoms. The Morgan fingerprint density at radius 2 is 2.08 bits per heavy atom. The van der Waals surface area contributed by atoms with Gasteiger partial charge in [0, 0.05) is 6.61 Å². The van der Waals surface area contributed by atoms with Crippen molar-refractivity contribution in [2.75, 3.05) is 6.61 Å². The van der Waals surface area contributed by atoms with Gasteiger partial charge in [0.1, 0.15) is 0 Å². The zero-order chi connectivity index (χ0) is 8.97. The van der Waals surface area contributed by atoms with Crippen LogP contribution in [0, 0.1) is 6.92 Å². The number of benzene rings is 1. The number of hydrogen-bond donors (Lipinski definition) is 1. The Kier molecular flexibility index (Phi) is 3.32. The van der Waals surface area contributed by atoms with E-state index < -0.39 is 7.12 Å². The van der Waals surface area contributed by atoms with Gasteiger partial charge in [-0.2, -0.15) is 0 Å². The lowest BCUT2D eigenvalue weighted by molar-refractivity contribution is 0.287. The van der Waals surface area contributed by atoms with Gasteiger partial charge in [-0.1, -0.05) is 29.8 Å². The summed E-state index contributed by atoms with van der Waals surface area (Å²) in [5.74, 6) is 0. The van der Waals surface area contributed by atoms with Crippen molar-refractivity contribution in [1.29, 1.82) is 0 Å².